The van der Waals surface area contributed by atoms with E-state index in [0.717, 1.165) is 5.52 Å². The van der Waals surface area contributed by atoms with Gasteiger partial charge in [0, 0.05) is 19.8 Å². The fourth-order valence-corrected chi connectivity index (χ4v) is 1.71. The molecule has 0 aromatic carbocycles. The summed E-state index contributed by atoms with van der Waals surface area (Å²) in [4.78, 5) is 15.8. The quantitative estimate of drug-likeness (QED) is 0.596. The van der Waals surface area contributed by atoms with Gasteiger partial charge in [0.15, 0.2) is 11.5 Å². The van der Waals surface area contributed by atoms with Gasteiger partial charge in [-0.3, -0.25) is 4.68 Å². The molecule has 0 aliphatic rings. The summed E-state index contributed by atoms with van der Waals surface area (Å²) in [5.41, 5.74) is 1.42. The third-order valence-electron chi connectivity index (χ3n) is 2.61. The van der Waals surface area contributed by atoms with E-state index < -0.39 is 0 Å². The molecule has 0 saturated carbocycles. The molecule has 98 valence electrons. The minimum absolute atomic E-state index is 0.530. The molecule has 9 heteroatoms. The number of hydrogen-bond acceptors (Lipinski definition) is 7. The molecule has 0 radical (unpaired) electrons. The SMILES string of the molecule is CNc1nc(NCCn2ccnn2)c2[nH]cnc2n1. The van der Waals surface area contributed by atoms with E-state index in [1.807, 2.05) is 6.20 Å². The number of nitrogens with one attached hydrogen (secondary N) is 3. The van der Waals surface area contributed by atoms with E-state index >= 15 is 0 Å². The number of nitrogens with zero attached hydrogens (tertiary/aromatic N) is 6. The zero-order valence-electron chi connectivity index (χ0n) is 10.3. The fraction of sp³-hybridized carbons (Fsp3) is 0.300. The summed E-state index contributed by atoms with van der Waals surface area (Å²) in [5, 5.41) is 13.8. The summed E-state index contributed by atoms with van der Waals surface area (Å²) < 4.78 is 1.75. The van der Waals surface area contributed by atoms with Crippen molar-refractivity contribution in [1.29, 1.82) is 0 Å². The first kappa shape index (κ1) is 11.4. The molecule has 3 rings (SSSR count). The highest BCUT2D eigenvalue weighted by molar-refractivity contribution is 5.83. The number of fused-ring (bicyclic) bond motifs is 1. The summed E-state index contributed by atoms with van der Waals surface area (Å²) in [6, 6.07) is 0. The van der Waals surface area contributed by atoms with Crippen molar-refractivity contribution in [3.63, 3.8) is 0 Å². The van der Waals surface area contributed by atoms with Gasteiger partial charge in [-0.05, 0) is 0 Å². The van der Waals surface area contributed by atoms with E-state index in [0.29, 0.717) is 30.5 Å². The number of rotatable bonds is 5. The second-order valence-corrected chi connectivity index (χ2v) is 3.84. The van der Waals surface area contributed by atoms with Crippen LogP contribution in [-0.2, 0) is 6.54 Å². The second-order valence-electron chi connectivity index (χ2n) is 3.84. The Balaban J connectivity index is 1.77. The van der Waals surface area contributed by atoms with Gasteiger partial charge in [-0.2, -0.15) is 9.97 Å². The summed E-state index contributed by atoms with van der Waals surface area (Å²) in [5.74, 6) is 1.25. The predicted octanol–water partition coefficient (Wildman–Crippen LogP) is 0.0982. The lowest BCUT2D eigenvalue weighted by Crippen LogP contribution is -2.13. The van der Waals surface area contributed by atoms with Crippen molar-refractivity contribution < 1.29 is 0 Å². The van der Waals surface area contributed by atoms with Gasteiger partial charge >= 0.3 is 0 Å². The van der Waals surface area contributed by atoms with Crippen LogP contribution in [0.3, 0.4) is 0 Å². The molecule has 0 spiro atoms. The van der Waals surface area contributed by atoms with Gasteiger partial charge in [-0.1, -0.05) is 5.21 Å². The number of aromatic amines is 1. The molecule has 3 aromatic heterocycles. The highest BCUT2D eigenvalue weighted by Crippen LogP contribution is 2.17. The minimum Gasteiger partial charge on any atom is -0.366 e. The minimum atomic E-state index is 0.530. The molecule has 19 heavy (non-hydrogen) atoms. The Kier molecular flexibility index (Phi) is 2.93. The maximum absolute atomic E-state index is 4.36. The zero-order valence-corrected chi connectivity index (χ0v) is 10.3. The van der Waals surface area contributed by atoms with Gasteiger partial charge < -0.3 is 15.6 Å². The van der Waals surface area contributed by atoms with Crippen molar-refractivity contribution in [3.8, 4) is 0 Å². The van der Waals surface area contributed by atoms with Crippen LogP contribution >= 0.6 is 0 Å². The summed E-state index contributed by atoms with van der Waals surface area (Å²) in [6.45, 7) is 1.38. The van der Waals surface area contributed by atoms with Gasteiger partial charge in [0.25, 0.3) is 0 Å². The molecule has 0 bridgehead atoms. The largest absolute Gasteiger partial charge is 0.366 e. The molecule has 0 atom stereocenters. The lowest BCUT2D eigenvalue weighted by atomic mass is 10.4. The normalized spacial score (nSPS) is 10.8. The van der Waals surface area contributed by atoms with Gasteiger partial charge in [0.1, 0.15) is 5.52 Å². The molecule has 0 fully saturated rings. The summed E-state index contributed by atoms with van der Waals surface area (Å²) in [6.07, 6.45) is 5.06. The second kappa shape index (κ2) is 4.88. The van der Waals surface area contributed by atoms with Crippen molar-refractivity contribution in [1.82, 2.24) is 34.9 Å². The first-order chi connectivity index (χ1) is 9.36. The standard InChI is InChI=1S/C10H13N9/c1-11-10-16-8(7-9(17-10)14-6-13-7)12-2-4-19-5-3-15-18-19/h3,5-6H,2,4H2,1H3,(H3,11,12,13,14,16,17). The average molecular weight is 259 g/mol. The maximum atomic E-state index is 4.36. The topological polar surface area (TPSA) is 109 Å². The zero-order chi connectivity index (χ0) is 13.1. The number of hydrogen-bond donors (Lipinski definition) is 3. The number of H-pyrrole nitrogens is 1. The van der Waals surface area contributed by atoms with Crippen LogP contribution in [0.1, 0.15) is 0 Å². The molecule has 0 saturated heterocycles. The fourth-order valence-electron chi connectivity index (χ4n) is 1.71. The van der Waals surface area contributed by atoms with Crippen molar-refractivity contribution in [2.45, 2.75) is 6.54 Å². The Morgan fingerprint density at radius 2 is 2.32 bits per heavy atom. The lowest BCUT2D eigenvalue weighted by molar-refractivity contribution is 0.608. The Labute approximate surface area is 108 Å². The summed E-state index contributed by atoms with van der Waals surface area (Å²) >= 11 is 0. The molecule has 0 aliphatic carbocycles. The van der Waals surface area contributed by atoms with Crippen LogP contribution in [-0.4, -0.2) is 48.5 Å². The average Bonchev–Trinajstić information content (AvgIpc) is 3.08. The van der Waals surface area contributed by atoms with Crippen LogP contribution in [0.25, 0.3) is 11.2 Å². The summed E-state index contributed by atoms with van der Waals surface area (Å²) in [7, 11) is 1.77. The van der Waals surface area contributed by atoms with Crippen molar-refractivity contribution in [3.05, 3.63) is 18.7 Å². The number of anilines is 2. The molecule has 3 heterocycles. The molecular formula is C10H13N9. The van der Waals surface area contributed by atoms with E-state index in [1.165, 1.54) is 0 Å². The number of aromatic nitrogens is 7. The van der Waals surface area contributed by atoms with Crippen LogP contribution in [0, 0.1) is 0 Å². The van der Waals surface area contributed by atoms with Crippen molar-refractivity contribution >= 4 is 22.9 Å². The van der Waals surface area contributed by atoms with Gasteiger partial charge in [0.05, 0.1) is 19.1 Å². The Hall–Kier alpha value is -2.71. The Morgan fingerprint density at radius 1 is 1.37 bits per heavy atom. The third-order valence-corrected chi connectivity index (χ3v) is 2.61. The molecule has 3 N–H and O–H groups in total. The van der Waals surface area contributed by atoms with Crippen LogP contribution in [0.4, 0.5) is 11.8 Å². The third kappa shape index (κ3) is 2.30. The van der Waals surface area contributed by atoms with Gasteiger partial charge in [-0.15, -0.1) is 5.10 Å². The smallest absolute Gasteiger partial charge is 0.226 e. The predicted molar refractivity (Wildman–Crippen MR) is 69.7 cm³/mol. The van der Waals surface area contributed by atoms with Crippen LogP contribution in [0.2, 0.25) is 0 Å². The van der Waals surface area contributed by atoms with Crippen LogP contribution in [0.5, 0.6) is 0 Å². The van der Waals surface area contributed by atoms with E-state index in [4.69, 9.17) is 0 Å². The first-order valence-electron chi connectivity index (χ1n) is 5.83. The molecule has 3 aromatic rings. The molecule has 0 amide bonds. The van der Waals surface area contributed by atoms with E-state index in [2.05, 4.69) is 40.9 Å². The Morgan fingerprint density at radius 3 is 3.11 bits per heavy atom. The molecule has 9 nitrogen and oxygen atoms in total. The van der Waals surface area contributed by atoms with E-state index in [1.54, 1.807) is 24.3 Å². The Bertz CT molecular complexity index is 657. The van der Waals surface area contributed by atoms with Crippen molar-refractivity contribution in [2.75, 3.05) is 24.2 Å². The number of imidazole rings is 1. The lowest BCUT2D eigenvalue weighted by Gasteiger charge is -2.07. The van der Waals surface area contributed by atoms with Crippen molar-refractivity contribution in [2.24, 2.45) is 0 Å². The monoisotopic (exact) mass is 259 g/mol. The maximum Gasteiger partial charge on any atom is 0.226 e. The van der Waals surface area contributed by atoms with Crippen LogP contribution in [0.15, 0.2) is 18.7 Å². The van der Waals surface area contributed by atoms with E-state index in [-0.39, 0.29) is 0 Å². The molecule has 0 unspecified atom stereocenters. The molecule has 0 aliphatic heterocycles. The van der Waals surface area contributed by atoms with Gasteiger partial charge in [-0.25, -0.2) is 4.98 Å². The highest BCUT2D eigenvalue weighted by Gasteiger charge is 2.08. The van der Waals surface area contributed by atoms with Crippen LogP contribution < -0.4 is 10.6 Å². The molecular weight excluding hydrogens is 246 g/mol. The van der Waals surface area contributed by atoms with E-state index in [9.17, 15) is 0 Å². The van der Waals surface area contributed by atoms with Gasteiger partial charge in [0.2, 0.25) is 5.95 Å². The highest BCUT2D eigenvalue weighted by atomic mass is 15.4. The first-order valence-corrected chi connectivity index (χ1v) is 5.83.